The maximum absolute atomic E-state index is 9.93. The first-order valence-corrected chi connectivity index (χ1v) is 4.54. The molecule has 0 heterocycles. The van der Waals surface area contributed by atoms with Crippen LogP contribution in [0.4, 0.5) is 0 Å². The first kappa shape index (κ1) is 9.87. The third-order valence-corrected chi connectivity index (χ3v) is 1.44. The molecule has 0 aromatic rings. The highest BCUT2D eigenvalue weighted by atomic mass is 32.3. The summed E-state index contributed by atoms with van der Waals surface area (Å²) in [6, 6.07) is 0. The molecule has 0 aliphatic heterocycles. The maximum Gasteiger partial charge on any atom is 0.397 e. The van der Waals surface area contributed by atoms with Crippen LogP contribution in [0.2, 0.25) is 0 Å². The highest BCUT2D eigenvalue weighted by Crippen LogP contribution is 1.96. The van der Waals surface area contributed by atoms with Gasteiger partial charge in [0.2, 0.25) is 0 Å². The molecule has 0 bridgehead atoms. The van der Waals surface area contributed by atoms with E-state index >= 15 is 0 Å². The van der Waals surface area contributed by atoms with Crippen molar-refractivity contribution in [3.63, 3.8) is 0 Å². The number of rotatable bonds is 5. The summed E-state index contributed by atoms with van der Waals surface area (Å²) in [5, 5.41) is 0. The average molecular weight is 168 g/mol. The van der Waals surface area contributed by atoms with Crippen molar-refractivity contribution in [2.75, 3.05) is 6.61 Å². The topological polar surface area (TPSA) is 63.6 Å². The number of unbranched alkanes of at least 4 members (excludes halogenated alkanes) is 2. The predicted octanol–water partition coefficient (Wildman–Crippen LogP) is 0.996. The third-order valence-electron chi connectivity index (χ3n) is 0.980. The highest BCUT2D eigenvalue weighted by Gasteiger charge is 2.01. The molecule has 0 rings (SSSR count). The van der Waals surface area contributed by atoms with Crippen LogP contribution < -0.4 is 0 Å². The van der Waals surface area contributed by atoms with E-state index in [1.165, 1.54) is 0 Å². The van der Waals surface area contributed by atoms with Crippen molar-refractivity contribution in [3.8, 4) is 0 Å². The summed E-state index contributed by atoms with van der Waals surface area (Å²) in [5.41, 5.74) is 0. The van der Waals surface area contributed by atoms with E-state index < -0.39 is 10.4 Å². The fourth-order valence-corrected chi connectivity index (χ4v) is 0.845. The molecule has 0 aromatic carbocycles. The minimum atomic E-state index is -4.20. The van der Waals surface area contributed by atoms with Crippen molar-refractivity contribution in [3.05, 3.63) is 0 Å². The summed E-state index contributed by atoms with van der Waals surface area (Å²) in [6.07, 6.45) is 2.57. The zero-order valence-electron chi connectivity index (χ0n) is 5.91. The monoisotopic (exact) mass is 168 g/mol. The molecule has 0 unspecified atom stereocenters. The van der Waals surface area contributed by atoms with Crippen LogP contribution in [0, 0.1) is 0 Å². The van der Waals surface area contributed by atoms with E-state index in [9.17, 15) is 8.42 Å². The summed E-state index contributed by atoms with van der Waals surface area (Å²) in [6.45, 7) is 2.07. The van der Waals surface area contributed by atoms with Gasteiger partial charge in [0.15, 0.2) is 0 Å². The summed E-state index contributed by atoms with van der Waals surface area (Å²) in [4.78, 5) is 0. The van der Waals surface area contributed by atoms with Gasteiger partial charge >= 0.3 is 10.4 Å². The smallest absolute Gasteiger partial charge is 0.264 e. The minimum absolute atomic E-state index is 0.0761. The Labute approximate surface area is 61.2 Å². The van der Waals surface area contributed by atoms with Crippen LogP contribution in [0.1, 0.15) is 26.2 Å². The molecule has 62 valence electrons. The Balaban J connectivity index is 3.21. The molecule has 5 heteroatoms. The molecular formula is C5H12O4S. The van der Waals surface area contributed by atoms with Gasteiger partial charge in [-0.3, -0.25) is 4.55 Å². The molecule has 10 heavy (non-hydrogen) atoms. The van der Waals surface area contributed by atoms with Gasteiger partial charge in [-0.1, -0.05) is 19.8 Å². The lowest BCUT2D eigenvalue weighted by Gasteiger charge is -1.96. The van der Waals surface area contributed by atoms with Gasteiger partial charge in [-0.15, -0.1) is 0 Å². The largest absolute Gasteiger partial charge is 0.397 e. The normalized spacial score (nSPS) is 11.8. The Bertz CT molecular complexity index is 160. The van der Waals surface area contributed by atoms with Gasteiger partial charge in [0.25, 0.3) is 0 Å². The van der Waals surface area contributed by atoms with Crippen LogP contribution in [0.15, 0.2) is 0 Å². The first-order valence-electron chi connectivity index (χ1n) is 3.18. The fraction of sp³-hybridized carbons (Fsp3) is 1.00. The van der Waals surface area contributed by atoms with Gasteiger partial charge in [0, 0.05) is 0 Å². The van der Waals surface area contributed by atoms with Crippen LogP contribution >= 0.6 is 0 Å². The molecule has 0 radical (unpaired) electrons. The molecule has 0 spiro atoms. The first-order chi connectivity index (χ1) is 4.56. The van der Waals surface area contributed by atoms with E-state index in [2.05, 4.69) is 4.18 Å². The summed E-state index contributed by atoms with van der Waals surface area (Å²) in [7, 11) is -4.20. The molecule has 0 fully saturated rings. The van der Waals surface area contributed by atoms with Crippen LogP contribution in [-0.2, 0) is 14.6 Å². The second-order valence-corrected chi connectivity index (χ2v) is 3.05. The quantitative estimate of drug-likeness (QED) is 0.491. The Morgan fingerprint density at radius 2 is 2.00 bits per heavy atom. The fourth-order valence-electron chi connectivity index (χ4n) is 0.516. The Kier molecular flexibility index (Phi) is 4.59. The molecule has 0 atom stereocenters. The van der Waals surface area contributed by atoms with E-state index in [1.54, 1.807) is 0 Å². The highest BCUT2D eigenvalue weighted by molar-refractivity contribution is 7.80. The third kappa shape index (κ3) is 7.87. The van der Waals surface area contributed by atoms with Gasteiger partial charge in [0.1, 0.15) is 0 Å². The molecule has 0 aliphatic rings. The zero-order valence-corrected chi connectivity index (χ0v) is 6.73. The van der Waals surface area contributed by atoms with Gasteiger partial charge in [-0.05, 0) is 6.42 Å². The Hall–Kier alpha value is -0.130. The second-order valence-electron chi connectivity index (χ2n) is 1.96. The van der Waals surface area contributed by atoms with E-state index in [1.807, 2.05) is 6.92 Å². The van der Waals surface area contributed by atoms with Gasteiger partial charge in [0.05, 0.1) is 6.61 Å². The van der Waals surface area contributed by atoms with Crippen molar-refractivity contribution in [1.82, 2.24) is 0 Å². The Morgan fingerprint density at radius 3 is 2.40 bits per heavy atom. The van der Waals surface area contributed by atoms with E-state index in [4.69, 9.17) is 4.55 Å². The summed E-state index contributed by atoms with van der Waals surface area (Å²) >= 11 is 0. The number of hydrogen-bond acceptors (Lipinski definition) is 3. The molecule has 0 amide bonds. The standard InChI is InChI=1S/C5H12O4S/c1-2-3-4-5-9-10(6,7)8/h2-5H2,1H3,(H,6,7,8). The lowest BCUT2D eigenvalue weighted by atomic mass is 10.3. The van der Waals surface area contributed by atoms with Crippen molar-refractivity contribution in [2.45, 2.75) is 26.2 Å². The Morgan fingerprint density at radius 1 is 1.40 bits per heavy atom. The van der Waals surface area contributed by atoms with Crippen LogP contribution in [0.25, 0.3) is 0 Å². The van der Waals surface area contributed by atoms with Crippen molar-refractivity contribution < 1.29 is 17.2 Å². The van der Waals surface area contributed by atoms with Gasteiger partial charge in [-0.25, -0.2) is 4.18 Å². The van der Waals surface area contributed by atoms with Gasteiger partial charge in [-0.2, -0.15) is 8.42 Å². The molecule has 0 saturated carbocycles. The van der Waals surface area contributed by atoms with E-state index in [0.29, 0.717) is 6.42 Å². The minimum Gasteiger partial charge on any atom is -0.264 e. The van der Waals surface area contributed by atoms with Crippen molar-refractivity contribution in [2.24, 2.45) is 0 Å². The van der Waals surface area contributed by atoms with Crippen molar-refractivity contribution in [1.29, 1.82) is 0 Å². The van der Waals surface area contributed by atoms with Crippen LogP contribution in [0.3, 0.4) is 0 Å². The van der Waals surface area contributed by atoms with E-state index in [0.717, 1.165) is 12.8 Å². The molecule has 0 aromatic heterocycles. The predicted molar refractivity (Wildman–Crippen MR) is 37.0 cm³/mol. The average Bonchev–Trinajstić information content (AvgIpc) is 1.78. The second kappa shape index (κ2) is 4.65. The zero-order chi connectivity index (χ0) is 8.04. The molecule has 4 nitrogen and oxygen atoms in total. The summed E-state index contributed by atoms with van der Waals surface area (Å²) in [5.74, 6) is 0. The molecular weight excluding hydrogens is 156 g/mol. The number of hydrogen-bond donors (Lipinski definition) is 1. The van der Waals surface area contributed by atoms with Crippen molar-refractivity contribution >= 4 is 10.4 Å². The lowest BCUT2D eigenvalue weighted by molar-refractivity contribution is 0.262. The molecule has 1 N–H and O–H groups in total. The van der Waals surface area contributed by atoms with E-state index in [-0.39, 0.29) is 6.61 Å². The lowest BCUT2D eigenvalue weighted by Crippen LogP contribution is -2.04. The summed E-state index contributed by atoms with van der Waals surface area (Å²) < 4.78 is 32.0. The molecule has 0 saturated heterocycles. The maximum atomic E-state index is 9.93. The van der Waals surface area contributed by atoms with Crippen LogP contribution in [-0.4, -0.2) is 19.6 Å². The van der Waals surface area contributed by atoms with Gasteiger partial charge < -0.3 is 0 Å². The van der Waals surface area contributed by atoms with Crippen LogP contribution in [0.5, 0.6) is 0 Å². The molecule has 0 aliphatic carbocycles. The SMILES string of the molecule is CCCCCOS(=O)(=O)O.